The van der Waals surface area contributed by atoms with E-state index in [1.54, 1.807) is 18.3 Å². The fraction of sp³-hybridized carbons (Fsp3) is 0.0769. The second-order valence-corrected chi connectivity index (χ2v) is 3.76. The number of carbonyl (C=O) groups is 1. The zero-order valence-electron chi connectivity index (χ0n) is 9.14. The Morgan fingerprint density at radius 3 is 2.88 bits per heavy atom. The van der Waals surface area contributed by atoms with E-state index in [1.807, 2.05) is 24.3 Å². The van der Waals surface area contributed by atoms with Crippen LogP contribution in [0.1, 0.15) is 12.0 Å². The highest BCUT2D eigenvalue weighted by molar-refractivity contribution is 5.84. The summed E-state index contributed by atoms with van der Waals surface area (Å²) >= 11 is 0. The zero-order valence-corrected chi connectivity index (χ0v) is 9.14. The normalized spacial score (nSPS) is 11.1. The molecule has 0 saturated heterocycles. The van der Waals surface area contributed by atoms with Crippen molar-refractivity contribution in [2.45, 2.75) is 6.42 Å². The van der Waals surface area contributed by atoms with Crippen LogP contribution in [0.4, 0.5) is 0 Å². The highest BCUT2D eigenvalue weighted by Crippen LogP contribution is 2.14. The van der Waals surface area contributed by atoms with Gasteiger partial charge in [-0.15, -0.1) is 0 Å². The lowest BCUT2D eigenvalue weighted by Gasteiger charge is -1.98. The largest absolute Gasteiger partial charge is 0.369 e. The van der Waals surface area contributed by atoms with Crippen LogP contribution in [0.5, 0.6) is 0 Å². The van der Waals surface area contributed by atoms with E-state index in [9.17, 15) is 9.59 Å². The standard InChI is InChI=1S/C13H12N2O2/c14-12(16)3-1-2-9-4-5-10-8-15-13(17)7-11(10)6-9/h1-2,4-8H,3H2,(H2,14,16)(H,15,17). The van der Waals surface area contributed by atoms with Crippen molar-refractivity contribution >= 4 is 22.8 Å². The minimum Gasteiger partial charge on any atom is -0.369 e. The van der Waals surface area contributed by atoms with E-state index < -0.39 is 0 Å². The van der Waals surface area contributed by atoms with Gasteiger partial charge in [-0.3, -0.25) is 9.59 Å². The Labute approximate surface area is 97.8 Å². The number of rotatable bonds is 3. The van der Waals surface area contributed by atoms with Gasteiger partial charge in [-0.1, -0.05) is 24.3 Å². The molecule has 3 N–H and O–H groups in total. The minimum atomic E-state index is -0.363. The second kappa shape index (κ2) is 4.65. The molecule has 2 aromatic rings. The van der Waals surface area contributed by atoms with E-state index in [2.05, 4.69) is 4.98 Å². The first-order valence-corrected chi connectivity index (χ1v) is 5.22. The number of nitrogens with two attached hydrogens (primary N) is 1. The van der Waals surface area contributed by atoms with Gasteiger partial charge in [-0.05, 0) is 22.4 Å². The van der Waals surface area contributed by atoms with Crippen LogP contribution in [0.25, 0.3) is 16.8 Å². The number of pyridine rings is 1. The molecule has 17 heavy (non-hydrogen) atoms. The van der Waals surface area contributed by atoms with Gasteiger partial charge in [-0.25, -0.2) is 0 Å². The van der Waals surface area contributed by atoms with Crippen LogP contribution >= 0.6 is 0 Å². The van der Waals surface area contributed by atoms with E-state index in [-0.39, 0.29) is 17.9 Å². The lowest BCUT2D eigenvalue weighted by atomic mass is 10.1. The van der Waals surface area contributed by atoms with Gasteiger partial charge in [-0.2, -0.15) is 0 Å². The first-order valence-electron chi connectivity index (χ1n) is 5.22. The number of aromatic nitrogens is 1. The maximum atomic E-state index is 11.2. The number of fused-ring (bicyclic) bond motifs is 1. The number of carbonyl (C=O) groups excluding carboxylic acids is 1. The zero-order chi connectivity index (χ0) is 12.3. The summed E-state index contributed by atoms with van der Waals surface area (Å²) in [6, 6.07) is 7.26. The Bertz CT molecular complexity index is 641. The van der Waals surface area contributed by atoms with Gasteiger partial charge in [0.1, 0.15) is 0 Å². The fourth-order valence-electron chi connectivity index (χ4n) is 1.60. The third kappa shape index (κ3) is 2.81. The van der Waals surface area contributed by atoms with Gasteiger partial charge in [0.2, 0.25) is 11.5 Å². The van der Waals surface area contributed by atoms with Crippen LogP contribution in [0, 0.1) is 0 Å². The maximum Gasteiger partial charge on any atom is 0.248 e. The van der Waals surface area contributed by atoms with Crippen molar-refractivity contribution < 1.29 is 4.79 Å². The molecule has 1 amide bonds. The quantitative estimate of drug-likeness (QED) is 0.833. The van der Waals surface area contributed by atoms with Crippen LogP contribution in [0.15, 0.2) is 41.3 Å². The molecule has 0 saturated carbocycles. The maximum absolute atomic E-state index is 11.2. The fourth-order valence-corrected chi connectivity index (χ4v) is 1.60. The number of benzene rings is 1. The summed E-state index contributed by atoms with van der Waals surface area (Å²) in [4.78, 5) is 24.4. The van der Waals surface area contributed by atoms with Crippen molar-refractivity contribution in [3.05, 3.63) is 52.5 Å². The van der Waals surface area contributed by atoms with E-state index in [0.29, 0.717) is 0 Å². The van der Waals surface area contributed by atoms with Crippen molar-refractivity contribution in [3.8, 4) is 0 Å². The molecule has 1 heterocycles. The molecular formula is C13H12N2O2. The molecule has 1 aromatic heterocycles. The molecule has 0 aliphatic carbocycles. The van der Waals surface area contributed by atoms with Crippen LogP contribution in [0.3, 0.4) is 0 Å². The van der Waals surface area contributed by atoms with Crippen molar-refractivity contribution in [2.75, 3.05) is 0 Å². The second-order valence-electron chi connectivity index (χ2n) is 3.76. The molecule has 0 aliphatic rings. The number of aromatic amines is 1. The van der Waals surface area contributed by atoms with E-state index in [0.717, 1.165) is 16.3 Å². The lowest BCUT2D eigenvalue weighted by molar-refractivity contribution is -0.117. The third-order valence-electron chi connectivity index (χ3n) is 2.40. The summed E-state index contributed by atoms with van der Waals surface area (Å²) in [6.07, 6.45) is 5.41. The summed E-state index contributed by atoms with van der Waals surface area (Å²) < 4.78 is 0. The molecule has 0 fully saturated rings. The highest BCUT2D eigenvalue weighted by Gasteiger charge is 1.95. The number of nitrogens with one attached hydrogen (secondary N) is 1. The van der Waals surface area contributed by atoms with Gasteiger partial charge < -0.3 is 10.7 Å². The molecule has 2 rings (SSSR count). The average molecular weight is 228 g/mol. The first-order chi connectivity index (χ1) is 8.15. The number of primary amides is 1. The van der Waals surface area contributed by atoms with Gasteiger partial charge in [0.05, 0.1) is 0 Å². The Morgan fingerprint density at radius 1 is 1.29 bits per heavy atom. The molecule has 0 radical (unpaired) electrons. The Kier molecular flexibility index (Phi) is 3.05. The molecule has 0 bridgehead atoms. The average Bonchev–Trinajstić information content (AvgIpc) is 2.28. The predicted octanol–water partition coefficient (Wildman–Crippen LogP) is 1.42. The van der Waals surface area contributed by atoms with E-state index >= 15 is 0 Å². The van der Waals surface area contributed by atoms with Crippen molar-refractivity contribution in [3.63, 3.8) is 0 Å². The SMILES string of the molecule is NC(=O)CC=Cc1ccc2c[nH]c(=O)cc2c1. The molecule has 4 heteroatoms. The van der Waals surface area contributed by atoms with E-state index in [4.69, 9.17) is 5.73 Å². The monoisotopic (exact) mass is 228 g/mol. The summed E-state index contributed by atoms with van der Waals surface area (Å²) in [5, 5.41) is 1.84. The Hall–Kier alpha value is -2.36. The van der Waals surface area contributed by atoms with Crippen LogP contribution < -0.4 is 11.3 Å². The summed E-state index contributed by atoms with van der Waals surface area (Å²) in [5.74, 6) is -0.363. The molecule has 86 valence electrons. The molecular weight excluding hydrogens is 216 g/mol. The first kappa shape index (κ1) is 11.1. The topological polar surface area (TPSA) is 76.0 Å². The van der Waals surface area contributed by atoms with Gasteiger partial charge >= 0.3 is 0 Å². The lowest BCUT2D eigenvalue weighted by Crippen LogP contribution is -2.07. The molecule has 0 atom stereocenters. The highest BCUT2D eigenvalue weighted by atomic mass is 16.1. The van der Waals surface area contributed by atoms with Crippen molar-refractivity contribution in [2.24, 2.45) is 5.73 Å². The summed E-state index contributed by atoms with van der Waals surface area (Å²) in [5.41, 5.74) is 5.84. The Morgan fingerprint density at radius 2 is 2.12 bits per heavy atom. The number of H-pyrrole nitrogens is 1. The van der Waals surface area contributed by atoms with Gasteiger partial charge in [0, 0.05) is 18.7 Å². The summed E-state index contributed by atoms with van der Waals surface area (Å²) in [7, 11) is 0. The molecule has 4 nitrogen and oxygen atoms in total. The molecule has 0 aliphatic heterocycles. The number of hydrogen-bond donors (Lipinski definition) is 2. The third-order valence-corrected chi connectivity index (χ3v) is 2.40. The number of hydrogen-bond acceptors (Lipinski definition) is 2. The Balaban J connectivity index is 2.34. The van der Waals surface area contributed by atoms with Crippen LogP contribution in [0.2, 0.25) is 0 Å². The van der Waals surface area contributed by atoms with Crippen molar-refractivity contribution in [1.82, 2.24) is 4.98 Å². The molecule has 0 spiro atoms. The van der Waals surface area contributed by atoms with Gasteiger partial charge in [0.25, 0.3) is 0 Å². The van der Waals surface area contributed by atoms with Crippen LogP contribution in [-0.2, 0) is 4.79 Å². The molecule has 0 unspecified atom stereocenters. The van der Waals surface area contributed by atoms with Crippen molar-refractivity contribution in [1.29, 1.82) is 0 Å². The van der Waals surface area contributed by atoms with E-state index in [1.165, 1.54) is 0 Å². The predicted molar refractivity (Wildman–Crippen MR) is 67.4 cm³/mol. The van der Waals surface area contributed by atoms with Gasteiger partial charge in [0.15, 0.2) is 0 Å². The smallest absolute Gasteiger partial charge is 0.248 e. The number of amides is 1. The molecule has 1 aromatic carbocycles. The minimum absolute atomic E-state index is 0.129. The van der Waals surface area contributed by atoms with Crippen LogP contribution in [-0.4, -0.2) is 10.9 Å². The summed E-state index contributed by atoms with van der Waals surface area (Å²) in [6.45, 7) is 0.